The highest BCUT2D eigenvalue weighted by atomic mass is 32.2. The summed E-state index contributed by atoms with van der Waals surface area (Å²) in [7, 11) is -5.74. The monoisotopic (exact) mass is 362 g/mol. The number of anilines is 1. The number of aromatic nitrogens is 1. The number of alkyl halides is 3. The molecule has 24 heavy (non-hydrogen) atoms. The second-order valence-corrected chi connectivity index (χ2v) is 6.64. The fourth-order valence-corrected chi connectivity index (χ4v) is 2.81. The minimum atomic E-state index is -5.74. The molecule has 3 rings (SSSR count). The minimum Gasteiger partial charge on any atom is -0.378 e. The Morgan fingerprint density at radius 3 is 2.58 bits per heavy atom. The van der Waals surface area contributed by atoms with E-state index in [9.17, 15) is 21.6 Å². The van der Waals surface area contributed by atoms with E-state index in [1.165, 1.54) is 12.3 Å². The summed E-state index contributed by atoms with van der Waals surface area (Å²) in [6, 6.07) is 5.89. The molecule has 0 amide bonds. The van der Waals surface area contributed by atoms with E-state index in [2.05, 4.69) is 9.17 Å². The summed E-state index contributed by atoms with van der Waals surface area (Å²) < 4.78 is 69.3. The van der Waals surface area contributed by atoms with Gasteiger partial charge in [0.1, 0.15) is 5.52 Å². The van der Waals surface area contributed by atoms with E-state index in [4.69, 9.17) is 4.74 Å². The van der Waals surface area contributed by atoms with Crippen molar-refractivity contribution in [1.82, 2.24) is 4.98 Å². The molecule has 130 valence electrons. The fourth-order valence-electron chi connectivity index (χ4n) is 2.35. The third kappa shape index (κ3) is 3.24. The molecule has 1 aliphatic heterocycles. The molecule has 0 aliphatic carbocycles. The first-order valence-corrected chi connectivity index (χ1v) is 8.41. The molecule has 10 heteroatoms. The summed E-state index contributed by atoms with van der Waals surface area (Å²) in [4.78, 5) is 6.11. The van der Waals surface area contributed by atoms with Gasteiger partial charge in [-0.2, -0.15) is 21.6 Å². The maximum atomic E-state index is 12.5. The number of fused-ring (bicyclic) bond motifs is 1. The number of para-hydroxylation sites is 1. The van der Waals surface area contributed by atoms with Crippen LogP contribution in [0.5, 0.6) is 5.75 Å². The van der Waals surface area contributed by atoms with E-state index in [1.54, 1.807) is 12.1 Å². The van der Waals surface area contributed by atoms with Gasteiger partial charge in [0.05, 0.1) is 25.1 Å². The smallest absolute Gasteiger partial charge is 0.378 e. The lowest BCUT2D eigenvalue weighted by Crippen LogP contribution is -2.36. The summed E-state index contributed by atoms with van der Waals surface area (Å²) in [6.45, 7) is 2.49. The lowest BCUT2D eigenvalue weighted by atomic mass is 10.2. The Kier molecular flexibility index (Phi) is 4.26. The van der Waals surface area contributed by atoms with Crippen LogP contribution in [0.25, 0.3) is 10.9 Å². The number of halogens is 3. The van der Waals surface area contributed by atoms with Crippen LogP contribution in [0, 0.1) is 0 Å². The third-order valence-electron chi connectivity index (χ3n) is 3.52. The maximum absolute atomic E-state index is 12.5. The van der Waals surface area contributed by atoms with Crippen molar-refractivity contribution in [2.45, 2.75) is 5.51 Å². The van der Waals surface area contributed by atoms with E-state index in [1.807, 2.05) is 4.90 Å². The zero-order chi connectivity index (χ0) is 17.4. The van der Waals surface area contributed by atoms with Crippen LogP contribution in [0.4, 0.5) is 18.9 Å². The number of rotatable bonds is 3. The van der Waals surface area contributed by atoms with Crippen molar-refractivity contribution in [3.8, 4) is 5.75 Å². The molecule has 0 saturated carbocycles. The van der Waals surface area contributed by atoms with Gasteiger partial charge in [-0.15, -0.1) is 0 Å². The van der Waals surface area contributed by atoms with E-state index in [-0.39, 0.29) is 5.52 Å². The van der Waals surface area contributed by atoms with Crippen molar-refractivity contribution < 1.29 is 30.5 Å². The van der Waals surface area contributed by atoms with Crippen LogP contribution in [-0.4, -0.2) is 45.2 Å². The van der Waals surface area contributed by atoms with Crippen molar-refractivity contribution >= 4 is 26.7 Å². The number of benzene rings is 1. The normalized spacial score (nSPS) is 16.4. The van der Waals surface area contributed by atoms with Gasteiger partial charge in [0.2, 0.25) is 0 Å². The van der Waals surface area contributed by atoms with E-state index < -0.39 is 21.4 Å². The standard InChI is InChI=1S/C14H13F3N2O4S/c15-14(16,17)24(20,21)23-12-3-1-2-10-8-11(9-18-13(10)12)19-4-6-22-7-5-19/h1-3,8-9H,4-7H2. The summed E-state index contributed by atoms with van der Waals surface area (Å²) in [5.74, 6) is -0.460. The van der Waals surface area contributed by atoms with Gasteiger partial charge in [-0.05, 0) is 12.1 Å². The summed E-state index contributed by atoms with van der Waals surface area (Å²) in [5, 5.41) is 0.480. The van der Waals surface area contributed by atoms with Crippen molar-refractivity contribution in [2.75, 3.05) is 31.2 Å². The van der Waals surface area contributed by atoms with Gasteiger partial charge in [-0.25, -0.2) is 0 Å². The summed E-state index contributed by atoms with van der Waals surface area (Å²) in [6.07, 6.45) is 1.47. The predicted molar refractivity (Wildman–Crippen MR) is 80.4 cm³/mol. The average molecular weight is 362 g/mol. The fraction of sp³-hybridized carbons (Fsp3) is 0.357. The number of hydrogen-bond acceptors (Lipinski definition) is 6. The molecule has 0 unspecified atom stereocenters. The van der Waals surface area contributed by atoms with Gasteiger partial charge in [0.25, 0.3) is 0 Å². The highest BCUT2D eigenvalue weighted by Gasteiger charge is 2.48. The minimum absolute atomic E-state index is 0.0438. The first-order chi connectivity index (χ1) is 11.3. The van der Waals surface area contributed by atoms with Crippen molar-refractivity contribution in [2.24, 2.45) is 0 Å². The van der Waals surface area contributed by atoms with Gasteiger partial charge in [0, 0.05) is 18.5 Å². The molecule has 0 radical (unpaired) electrons. The predicted octanol–water partition coefficient (Wildman–Crippen LogP) is 2.30. The van der Waals surface area contributed by atoms with Gasteiger partial charge >= 0.3 is 15.6 Å². The molecule has 2 heterocycles. The van der Waals surface area contributed by atoms with Crippen LogP contribution in [0.1, 0.15) is 0 Å². The Morgan fingerprint density at radius 1 is 1.21 bits per heavy atom. The number of ether oxygens (including phenoxy) is 1. The second kappa shape index (κ2) is 6.10. The Labute approximate surface area is 135 Å². The molecule has 0 atom stereocenters. The summed E-state index contributed by atoms with van der Waals surface area (Å²) in [5.41, 5.74) is -4.67. The number of hydrogen-bond donors (Lipinski definition) is 0. The largest absolute Gasteiger partial charge is 0.534 e. The van der Waals surface area contributed by atoms with Gasteiger partial charge in [-0.1, -0.05) is 12.1 Å². The molecule has 6 nitrogen and oxygen atoms in total. The van der Waals surface area contributed by atoms with E-state index in [0.717, 1.165) is 11.8 Å². The molecule has 0 N–H and O–H groups in total. The van der Waals surface area contributed by atoms with Gasteiger partial charge in [0.15, 0.2) is 5.75 Å². The first-order valence-electron chi connectivity index (χ1n) is 7.00. The Balaban J connectivity index is 1.96. The quantitative estimate of drug-likeness (QED) is 0.617. The topological polar surface area (TPSA) is 68.7 Å². The van der Waals surface area contributed by atoms with Crippen LogP contribution in [-0.2, 0) is 14.9 Å². The molecule has 1 aliphatic rings. The molecular formula is C14H13F3N2O4S. The van der Waals surface area contributed by atoms with Crippen molar-refractivity contribution in [1.29, 1.82) is 0 Å². The zero-order valence-corrected chi connectivity index (χ0v) is 13.1. The first kappa shape index (κ1) is 16.8. The second-order valence-electron chi connectivity index (χ2n) is 5.10. The highest BCUT2D eigenvalue weighted by molar-refractivity contribution is 7.88. The third-order valence-corrected chi connectivity index (χ3v) is 4.48. The number of morpholine rings is 1. The van der Waals surface area contributed by atoms with Crippen LogP contribution in [0.3, 0.4) is 0 Å². The number of pyridine rings is 1. The van der Waals surface area contributed by atoms with E-state index in [0.29, 0.717) is 31.7 Å². The van der Waals surface area contributed by atoms with Crippen molar-refractivity contribution in [3.05, 3.63) is 30.5 Å². The molecule has 1 fully saturated rings. The van der Waals surface area contributed by atoms with E-state index >= 15 is 0 Å². The molecule has 1 aromatic heterocycles. The lowest BCUT2D eigenvalue weighted by molar-refractivity contribution is -0.0499. The molecule has 1 saturated heterocycles. The molecular weight excluding hydrogens is 349 g/mol. The molecule has 0 spiro atoms. The Bertz CT molecular complexity index is 849. The van der Waals surface area contributed by atoms with Crippen LogP contribution < -0.4 is 9.08 Å². The molecule has 0 bridgehead atoms. The Hall–Kier alpha value is -2.07. The van der Waals surface area contributed by atoms with Crippen LogP contribution in [0.15, 0.2) is 30.5 Å². The SMILES string of the molecule is O=S(=O)(Oc1cccc2cc(N3CCOCC3)cnc12)C(F)(F)F. The number of nitrogens with zero attached hydrogens (tertiary/aromatic N) is 2. The Morgan fingerprint density at radius 2 is 1.92 bits per heavy atom. The molecule has 1 aromatic carbocycles. The highest BCUT2D eigenvalue weighted by Crippen LogP contribution is 2.32. The lowest BCUT2D eigenvalue weighted by Gasteiger charge is -2.28. The summed E-state index contributed by atoms with van der Waals surface area (Å²) >= 11 is 0. The van der Waals surface area contributed by atoms with Crippen LogP contribution in [0.2, 0.25) is 0 Å². The maximum Gasteiger partial charge on any atom is 0.534 e. The van der Waals surface area contributed by atoms with Gasteiger partial charge < -0.3 is 13.8 Å². The van der Waals surface area contributed by atoms with Crippen LogP contribution >= 0.6 is 0 Å². The average Bonchev–Trinajstić information content (AvgIpc) is 2.54. The van der Waals surface area contributed by atoms with Crippen molar-refractivity contribution in [3.63, 3.8) is 0 Å². The molecule has 2 aromatic rings. The van der Waals surface area contributed by atoms with Gasteiger partial charge in [-0.3, -0.25) is 4.98 Å². The zero-order valence-electron chi connectivity index (χ0n) is 12.3.